The van der Waals surface area contributed by atoms with Gasteiger partial charge in [-0.3, -0.25) is 9.89 Å². The third kappa shape index (κ3) is 4.26. The van der Waals surface area contributed by atoms with Crippen molar-refractivity contribution in [3.63, 3.8) is 0 Å². The van der Waals surface area contributed by atoms with Crippen LogP contribution in [-0.4, -0.2) is 28.3 Å². The molecule has 0 radical (unpaired) electrons. The standard InChI is InChI=1S/C16H24F3N3O/c1-9(15-10(2)21-22-11(15)3)8-14(23)20-13-7-5-4-6-12(13)16(17,18)19/h9,12-13H,4-8H2,1-3H3,(H,20,23)(H,21,22)/t9-,12+,13-/m1/s1. The summed E-state index contributed by atoms with van der Waals surface area (Å²) in [6, 6.07) is -0.796. The van der Waals surface area contributed by atoms with Gasteiger partial charge in [-0.05, 0) is 38.2 Å². The van der Waals surface area contributed by atoms with Crippen LogP contribution in [0, 0.1) is 19.8 Å². The lowest BCUT2D eigenvalue weighted by Crippen LogP contribution is -2.47. The molecule has 1 heterocycles. The van der Waals surface area contributed by atoms with E-state index >= 15 is 0 Å². The minimum atomic E-state index is -4.25. The number of rotatable bonds is 4. The predicted molar refractivity (Wildman–Crippen MR) is 81.0 cm³/mol. The van der Waals surface area contributed by atoms with Gasteiger partial charge in [-0.25, -0.2) is 0 Å². The van der Waals surface area contributed by atoms with E-state index in [0.717, 1.165) is 23.4 Å². The Labute approximate surface area is 134 Å². The fraction of sp³-hybridized carbons (Fsp3) is 0.750. The van der Waals surface area contributed by atoms with E-state index in [4.69, 9.17) is 0 Å². The van der Waals surface area contributed by atoms with E-state index in [1.807, 2.05) is 20.8 Å². The first kappa shape index (κ1) is 17.8. The lowest BCUT2D eigenvalue weighted by Gasteiger charge is -2.33. The second-order valence-electron chi connectivity index (χ2n) is 6.56. The van der Waals surface area contributed by atoms with Crippen molar-refractivity contribution in [2.75, 3.05) is 0 Å². The minimum Gasteiger partial charge on any atom is -0.353 e. The van der Waals surface area contributed by atoms with Crippen LogP contribution in [-0.2, 0) is 4.79 Å². The van der Waals surface area contributed by atoms with Crippen molar-refractivity contribution in [3.8, 4) is 0 Å². The number of hydrogen-bond donors (Lipinski definition) is 2. The first-order valence-corrected chi connectivity index (χ1v) is 8.07. The summed E-state index contributed by atoms with van der Waals surface area (Å²) in [6.45, 7) is 5.63. The molecule has 1 aliphatic rings. The first-order chi connectivity index (χ1) is 10.7. The highest BCUT2D eigenvalue weighted by atomic mass is 19.4. The molecular weight excluding hydrogens is 307 g/mol. The van der Waals surface area contributed by atoms with E-state index in [2.05, 4.69) is 15.5 Å². The lowest BCUT2D eigenvalue weighted by molar-refractivity contribution is -0.189. The predicted octanol–water partition coefficient (Wildman–Crippen LogP) is 3.76. The molecule has 0 aliphatic heterocycles. The summed E-state index contributed by atoms with van der Waals surface area (Å²) < 4.78 is 39.2. The number of aromatic nitrogens is 2. The van der Waals surface area contributed by atoms with Crippen molar-refractivity contribution >= 4 is 5.91 Å². The Bertz CT molecular complexity index is 534. The van der Waals surface area contributed by atoms with E-state index in [0.29, 0.717) is 12.8 Å². The highest BCUT2D eigenvalue weighted by molar-refractivity contribution is 5.77. The van der Waals surface area contributed by atoms with Gasteiger partial charge in [0.2, 0.25) is 5.91 Å². The van der Waals surface area contributed by atoms with Crippen molar-refractivity contribution in [1.82, 2.24) is 15.5 Å². The van der Waals surface area contributed by atoms with Gasteiger partial charge in [0.25, 0.3) is 0 Å². The Morgan fingerprint density at radius 1 is 1.35 bits per heavy atom. The zero-order chi connectivity index (χ0) is 17.2. The molecule has 0 aromatic carbocycles. The van der Waals surface area contributed by atoms with Crippen molar-refractivity contribution in [1.29, 1.82) is 0 Å². The number of aromatic amines is 1. The Balaban J connectivity index is 1.98. The fourth-order valence-corrected chi connectivity index (χ4v) is 3.63. The van der Waals surface area contributed by atoms with E-state index < -0.39 is 18.1 Å². The van der Waals surface area contributed by atoms with Crippen LogP contribution in [0.15, 0.2) is 0 Å². The molecule has 1 aromatic rings. The zero-order valence-corrected chi connectivity index (χ0v) is 13.8. The maximum atomic E-state index is 13.1. The Kier molecular flexibility index (Phi) is 5.37. The SMILES string of the molecule is Cc1n[nH]c(C)c1[C@H](C)CC(=O)N[C@@H]1CCCC[C@@H]1C(F)(F)F. The molecule has 1 saturated carbocycles. The van der Waals surface area contributed by atoms with Gasteiger partial charge >= 0.3 is 6.18 Å². The zero-order valence-electron chi connectivity index (χ0n) is 13.8. The molecule has 0 spiro atoms. The summed E-state index contributed by atoms with van der Waals surface area (Å²) in [7, 11) is 0. The van der Waals surface area contributed by atoms with Crippen LogP contribution >= 0.6 is 0 Å². The second-order valence-corrected chi connectivity index (χ2v) is 6.56. The highest BCUT2D eigenvalue weighted by Gasteiger charge is 2.45. The molecular formula is C16H24F3N3O. The number of nitrogens with one attached hydrogen (secondary N) is 2. The summed E-state index contributed by atoms with van der Waals surface area (Å²) >= 11 is 0. The van der Waals surface area contributed by atoms with Crippen molar-refractivity contribution < 1.29 is 18.0 Å². The van der Waals surface area contributed by atoms with Crippen molar-refractivity contribution in [2.45, 2.75) is 71.0 Å². The number of hydrogen-bond acceptors (Lipinski definition) is 2. The van der Waals surface area contributed by atoms with Crippen molar-refractivity contribution in [2.24, 2.45) is 5.92 Å². The number of H-pyrrole nitrogens is 1. The third-order valence-electron chi connectivity index (χ3n) is 4.70. The van der Waals surface area contributed by atoms with E-state index in [-0.39, 0.29) is 24.7 Å². The van der Waals surface area contributed by atoms with Crippen LogP contribution in [0.3, 0.4) is 0 Å². The van der Waals surface area contributed by atoms with E-state index in [9.17, 15) is 18.0 Å². The molecule has 23 heavy (non-hydrogen) atoms. The number of aryl methyl sites for hydroxylation is 2. The molecule has 7 heteroatoms. The van der Waals surface area contributed by atoms with Crippen LogP contribution in [0.4, 0.5) is 13.2 Å². The van der Waals surface area contributed by atoms with Crippen molar-refractivity contribution in [3.05, 3.63) is 17.0 Å². The lowest BCUT2D eigenvalue weighted by atomic mass is 9.83. The maximum absolute atomic E-state index is 13.1. The molecule has 0 unspecified atom stereocenters. The summed E-state index contributed by atoms with van der Waals surface area (Å²) in [6.07, 6.45) is -2.28. The van der Waals surface area contributed by atoms with Crippen LogP contribution in [0.1, 0.15) is 61.9 Å². The number of nitrogens with zero attached hydrogens (tertiary/aromatic N) is 1. The monoisotopic (exact) mass is 331 g/mol. The van der Waals surface area contributed by atoms with Crippen LogP contribution in [0.2, 0.25) is 0 Å². The largest absolute Gasteiger partial charge is 0.393 e. The molecule has 3 atom stereocenters. The Morgan fingerprint density at radius 3 is 2.57 bits per heavy atom. The molecule has 2 N–H and O–H groups in total. The van der Waals surface area contributed by atoms with Gasteiger partial charge in [0.05, 0.1) is 11.6 Å². The molecule has 0 saturated heterocycles. The quantitative estimate of drug-likeness (QED) is 0.882. The summed E-state index contributed by atoms with van der Waals surface area (Å²) in [5.74, 6) is -1.83. The molecule has 1 amide bonds. The van der Waals surface area contributed by atoms with Gasteiger partial charge in [-0.15, -0.1) is 0 Å². The molecule has 130 valence electrons. The third-order valence-corrected chi connectivity index (χ3v) is 4.70. The number of carbonyl (C=O) groups is 1. The summed E-state index contributed by atoms with van der Waals surface area (Å²) in [5.41, 5.74) is 2.69. The molecule has 1 aromatic heterocycles. The molecule has 1 fully saturated rings. The van der Waals surface area contributed by atoms with Gasteiger partial charge in [0.1, 0.15) is 0 Å². The van der Waals surface area contributed by atoms with Crippen LogP contribution in [0.25, 0.3) is 0 Å². The second kappa shape index (κ2) is 6.93. The van der Waals surface area contributed by atoms with Crippen LogP contribution < -0.4 is 5.32 Å². The first-order valence-electron chi connectivity index (χ1n) is 8.07. The molecule has 1 aliphatic carbocycles. The van der Waals surface area contributed by atoms with Gasteiger partial charge < -0.3 is 5.32 Å². The highest BCUT2D eigenvalue weighted by Crippen LogP contribution is 2.38. The average molecular weight is 331 g/mol. The summed E-state index contributed by atoms with van der Waals surface area (Å²) in [4.78, 5) is 12.2. The molecule has 0 bridgehead atoms. The summed E-state index contributed by atoms with van der Waals surface area (Å²) in [5, 5.41) is 9.59. The fourth-order valence-electron chi connectivity index (χ4n) is 3.63. The van der Waals surface area contributed by atoms with Gasteiger partial charge in [-0.2, -0.15) is 18.3 Å². The smallest absolute Gasteiger partial charge is 0.353 e. The molecule has 4 nitrogen and oxygen atoms in total. The van der Waals surface area contributed by atoms with Gasteiger partial charge in [-0.1, -0.05) is 19.8 Å². The topological polar surface area (TPSA) is 57.8 Å². The number of carbonyl (C=O) groups excluding carboxylic acids is 1. The molecule has 2 rings (SSSR count). The van der Waals surface area contributed by atoms with Gasteiger partial charge in [0.15, 0.2) is 0 Å². The van der Waals surface area contributed by atoms with E-state index in [1.54, 1.807) is 0 Å². The van der Waals surface area contributed by atoms with Crippen LogP contribution in [0.5, 0.6) is 0 Å². The van der Waals surface area contributed by atoms with E-state index in [1.165, 1.54) is 0 Å². The minimum absolute atomic E-state index is 0.0818. The number of alkyl halides is 3. The Morgan fingerprint density at radius 2 is 2.00 bits per heavy atom. The Hall–Kier alpha value is -1.53. The average Bonchev–Trinajstić information content (AvgIpc) is 2.77. The number of amides is 1. The maximum Gasteiger partial charge on any atom is 0.393 e. The number of halogens is 3. The van der Waals surface area contributed by atoms with Gasteiger partial charge in [0, 0.05) is 18.2 Å². The normalized spacial score (nSPS) is 23.6.